The van der Waals surface area contributed by atoms with Gasteiger partial charge in [-0.15, -0.1) is 10.2 Å². The molecule has 0 saturated carbocycles. The van der Waals surface area contributed by atoms with E-state index < -0.39 is 0 Å². The number of fused-ring (bicyclic) bond motifs is 2. The molecule has 0 saturated heterocycles. The van der Waals surface area contributed by atoms with Crippen molar-refractivity contribution in [1.82, 2.24) is 39.1 Å². The molecule has 0 aliphatic rings. The van der Waals surface area contributed by atoms with Crippen molar-refractivity contribution in [3.8, 4) is 11.1 Å². The van der Waals surface area contributed by atoms with Crippen molar-refractivity contribution in [3.63, 3.8) is 0 Å². The number of nitrogens with zero attached hydrogens (tertiary/aromatic N) is 8. The molecule has 34 heavy (non-hydrogen) atoms. The fourth-order valence-electron chi connectivity index (χ4n) is 4.39. The summed E-state index contributed by atoms with van der Waals surface area (Å²) >= 11 is 0. The molecule has 9 heteroatoms. The lowest BCUT2D eigenvalue weighted by molar-refractivity contribution is 0.689. The first-order valence-electron chi connectivity index (χ1n) is 11.0. The third-order valence-electron chi connectivity index (χ3n) is 6.12. The van der Waals surface area contributed by atoms with Gasteiger partial charge >= 0.3 is 0 Å². The smallest absolute Gasteiger partial charge is 0.161 e. The van der Waals surface area contributed by atoms with E-state index >= 15 is 0 Å². The highest BCUT2D eigenvalue weighted by molar-refractivity contribution is 5.97. The Bertz CT molecular complexity index is 1640. The van der Waals surface area contributed by atoms with Crippen molar-refractivity contribution in [2.45, 2.75) is 6.04 Å². The van der Waals surface area contributed by atoms with Crippen LogP contribution in [0.25, 0.3) is 33.1 Å². The van der Waals surface area contributed by atoms with Crippen LogP contribution in [-0.2, 0) is 21.1 Å². The van der Waals surface area contributed by atoms with Crippen LogP contribution in [0.3, 0.4) is 0 Å². The average Bonchev–Trinajstić information content (AvgIpc) is 3.57. The fraction of sp³-hybridized carbons (Fsp3) is 0.160. The van der Waals surface area contributed by atoms with E-state index in [0.717, 1.165) is 39.4 Å². The van der Waals surface area contributed by atoms with E-state index in [1.54, 1.807) is 23.4 Å². The molecule has 1 atom stereocenters. The Morgan fingerprint density at radius 2 is 1.76 bits per heavy atom. The van der Waals surface area contributed by atoms with Gasteiger partial charge in [0.1, 0.15) is 12.4 Å². The summed E-state index contributed by atoms with van der Waals surface area (Å²) in [4.78, 5) is 9.26. The van der Waals surface area contributed by atoms with Crippen molar-refractivity contribution in [1.29, 1.82) is 0 Å². The van der Waals surface area contributed by atoms with Crippen LogP contribution in [0.5, 0.6) is 0 Å². The minimum atomic E-state index is -0.286. The predicted octanol–water partition coefficient (Wildman–Crippen LogP) is 3.85. The predicted molar refractivity (Wildman–Crippen MR) is 131 cm³/mol. The molecule has 1 unspecified atom stereocenters. The average molecular weight is 450 g/mol. The lowest BCUT2D eigenvalue weighted by Gasteiger charge is -2.19. The highest BCUT2D eigenvalue weighted by atomic mass is 15.3. The number of rotatable bonds is 5. The molecule has 0 bridgehead atoms. The van der Waals surface area contributed by atoms with Crippen molar-refractivity contribution < 1.29 is 0 Å². The zero-order chi connectivity index (χ0) is 23.2. The minimum Gasteiger partial charge on any atom is -0.370 e. The molecular weight excluding hydrogens is 426 g/mol. The molecule has 0 aliphatic carbocycles. The summed E-state index contributed by atoms with van der Waals surface area (Å²) < 4.78 is 5.81. The van der Waals surface area contributed by atoms with Crippen LogP contribution in [0.4, 0.5) is 5.69 Å². The number of aryl methyl sites for hydroxylation is 3. The molecule has 0 radical (unpaired) electrons. The standard InChI is InChI=1S/C25H23N9/c1-32-10-6-16-4-5-17(12-22(16)32)19-13-18(14-21-23(19)27-9-8-26-21)29-24(20-7-11-34(3)31-20)25-30-28-15-33(25)2/h4-15,24,29H,1-3H3. The van der Waals surface area contributed by atoms with E-state index in [1.807, 2.05) is 37.0 Å². The Morgan fingerprint density at radius 1 is 0.882 bits per heavy atom. The monoisotopic (exact) mass is 449 g/mol. The Balaban J connectivity index is 1.50. The molecule has 0 spiro atoms. The molecule has 6 aromatic rings. The van der Waals surface area contributed by atoms with E-state index in [4.69, 9.17) is 0 Å². The van der Waals surface area contributed by atoms with Gasteiger partial charge in [0, 0.05) is 62.7 Å². The van der Waals surface area contributed by atoms with Crippen LogP contribution in [0.2, 0.25) is 0 Å². The highest BCUT2D eigenvalue weighted by Gasteiger charge is 2.22. The molecular formula is C25H23N9. The molecule has 0 aliphatic heterocycles. The summed E-state index contributed by atoms with van der Waals surface area (Å²) in [7, 11) is 5.89. The fourth-order valence-corrected chi connectivity index (χ4v) is 4.39. The van der Waals surface area contributed by atoms with Crippen molar-refractivity contribution >= 4 is 27.6 Å². The van der Waals surface area contributed by atoms with Crippen LogP contribution >= 0.6 is 0 Å². The first kappa shape index (κ1) is 20.1. The zero-order valence-electron chi connectivity index (χ0n) is 19.1. The van der Waals surface area contributed by atoms with Gasteiger partial charge in [-0.25, -0.2) is 0 Å². The summed E-state index contributed by atoms with van der Waals surface area (Å²) in [6.45, 7) is 0. The second-order valence-corrected chi connectivity index (χ2v) is 8.44. The Morgan fingerprint density at radius 3 is 2.56 bits per heavy atom. The van der Waals surface area contributed by atoms with Crippen molar-refractivity contribution in [3.05, 3.63) is 85.1 Å². The van der Waals surface area contributed by atoms with E-state index in [-0.39, 0.29) is 6.04 Å². The van der Waals surface area contributed by atoms with Crippen LogP contribution in [-0.4, -0.2) is 39.1 Å². The van der Waals surface area contributed by atoms with Gasteiger partial charge < -0.3 is 14.5 Å². The van der Waals surface area contributed by atoms with Crippen LogP contribution in [0.15, 0.2) is 73.6 Å². The second-order valence-electron chi connectivity index (χ2n) is 8.44. The SMILES string of the molecule is Cn1ccc(C(Nc2cc(-c3ccc4ccn(C)c4c3)c3nccnc3c2)c2nncn2C)n1. The maximum absolute atomic E-state index is 4.65. The minimum absolute atomic E-state index is 0.286. The molecule has 0 fully saturated rings. The Kier molecular flexibility index (Phi) is 4.61. The van der Waals surface area contributed by atoms with Crippen LogP contribution in [0.1, 0.15) is 17.6 Å². The lowest BCUT2D eigenvalue weighted by atomic mass is 10.0. The number of hydrogen-bond donors (Lipinski definition) is 1. The summed E-state index contributed by atoms with van der Waals surface area (Å²) in [5.41, 5.74) is 6.67. The normalized spacial score (nSPS) is 12.4. The Labute approximate surface area is 195 Å². The van der Waals surface area contributed by atoms with Crippen molar-refractivity contribution in [2.24, 2.45) is 21.1 Å². The van der Waals surface area contributed by atoms with E-state index in [9.17, 15) is 0 Å². The van der Waals surface area contributed by atoms with Gasteiger partial charge in [0.05, 0.1) is 16.7 Å². The summed E-state index contributed by atoms with van der Waals surface area (Å²) in [6, 6.07) is 14.4. The quantitative estimate of drug-likeness (QED) is 0.430. The number of benzene rings is 2. The van der Waals surface area contributed by atoms with Gasteiger partial charge in [-0.1, -0.05) is 12.1 Å². The van der Waals surface area contributed by atoms with E-state index in [1.165, 1.54) is 10.9 Å². The van der Waals surface area contributed by atoms with Gasteiger partial charge in [-0.2, -0.15) is 5.10 Å². The first-order chi connectivity index (χ1) is 16.6. The molecule has 0 amide bonds. The van der Waals surface area contributed by atoms with Crippen molar-refractivity contribution in [2.75, 3.05) is 5.32 Å². The lowest BCUT2D eigenvalue weighted by Crippen LogP contribution is -2.17. The maximum Gasteiger partial charge on any atom is 0.161 e. The van der Waals surface area contributed by atoms with Gasteiger partial charge in [0.2, 0.25) is 0 Å². The Hall–Kier alpha value is -4.53. The third-order valence-corrected chi connectivity index (χ3v) is 6.12. The van der Waals surface area contributed by atoms with Crippen LogP contribution < -0.4 is 5.32 Å². The first-order valence-corrected chi connectivity index (χ1v) is 11.0. The molecule has 6 rings (SSSR count). The highest BCUT2D eigenvalue weighted by Crippen LogP contribution is 2.34. The molecule has 168 valence electrons. The van der Waals surface area contributed by atoms with Gasteiger partial charge in [0.15, 0.2) is 5.82 Å². The van der Waals surface area contributed by atoms with Gasteiger partial charge in [-0.3, -0.25) is 14.6 Å². The van der Waals surface area contributed by atoms with Gasteiger partial charge in [-0.05, 0) is 41.3 Å². The summed E-state index contributed by atoms with van der Waals surface area (Å²) in [5, 5.41) is 17.9. The van der Waals surface area contributed by atoms with Crippen LogP contribution in [0, 0.1) is 0 Å². The second kappa shape index (κ2) is 7.80. The third kappa shape index (κ3) is 3.38. The number of anilines is 1. The largest absolute Gasteiger partial charge is 0.370 e. The summed E-state index contributed by atoms with van der Waals surface area (Å²) in [5.74, 6) is 0.768. The molecule has 4 heterocycles. The van der Waals surface area contributed by atoms with Gasteiger partial charge in [0.25, 0.3) is 0 Å². The number of aromatic nitrogens is 8. The number of hydrogen-bond acceptors (Lipinski definition) is 6. The van der Waals surface area contributed by atoms with E-state index in [0.29, 0.717) is 0 Å². The topological polar surface area (TPSA) is 91.3 Å². The summed E-state index contributed by atoms with van der Waals surface area (Å²) in [6.07, 6.45) is 9.14. The molecule has 1 N–H and O–H groups in total. The molecule has 2 aromatic carbocycles. The number of nitrogens with one attached hydrogen (secondary N) is 1. The maximum atomic E-state index is 4.65. The van der Waals surface area contributed by atoms with E-state index in [2.05, 4.69) is 78.7 Å². The molecule has 9 nitrogen and oxygen atoms in total. The zero-order valence-corrected chi connectivity index (χ0v) is 19.1. The molecule has 4 aromatic heterocycles.